The van der Waals surface area contributed by atoms with Crippen LogP contribution in [0.1, 0.15) is 19.4 Å². The number of carbonyl (C=O) groups is 1. The Morgan fingerprint density at radius 3 is 2.47 bits per heavy atom. The van der Waals surface area contributed by atoms with Crippen molar-refractivity contribution in [2.24, 2.45) is 5.92 Å². The largest absolute Gasteiger partial charge is 0.399 e. The maximum Gasteiger partial charge on any atom is 0.237 e. The van der Waals surface area contributed by atoms with Crippen LogP contribution in [0.2, 0.25) is 0 Å². The average Bonchev–Trinajstić information content (AvgIpc) is 2.23. The van der Waals surface area contributed by atoms with Crippen LogP contribution in [0.15, 0.2) is 18.2 Å². The van der Waals surface area contributed by atoms with Gasteiger partial charge in [0.1, 0.15) is 5.82 Å². The van der Waals surface area contributed by atoms with Gasteiger partial charge >= 0.3 is 0 Å². The van der Waals surface area contributed by atoms with Gasteiger partial charge in [0.2, 0.25) is 5.91 Å². The maximum absolute atomic E-state index is 13.2. The lowest BCUT2D eigenvalue weighted by Gasteiger charge is -2.26. The van der Waals surface area contributed by atoms with E-state index >= 15 is 0 Å². The second-order valence-corrected chi connectivity index (χ2v) is 5.26. The van der Waals surface area contributed by atoms with Crippen LogP contribution in [0, 0.1) is 11.7 Å². The number of anilines is 1. The van der Waals surface area contributed by atoms with Gasteiger partial charge in [0, 0.05) is 12.2 Å². The zero-order valence-electron chi connectivity index (χ0n) is 11.9. The minimum Gasteiger partial charge on any atom is -0.399 e. The summed E-state index contributed by atoms with van der Waals surface area (Å²) in [4.78, 5) is 14.0. The van der Waals surface area contributed by atoms with Gasteiger partial charge in [-0.25, -0.2) is 4.39 Å². The van der Waals surface area contributed by atoms with E-state index in [1.54, 1.807) is 6.07 Å². The minimum atomic E-state index is -0.391. The molecule has 0 aromatic heterocycles. The molecule has 0 aliphatic rings. The number of likely N-dealkylation sites (N-methyl/N-ethyl adjacent to an activating group) is 1. The van der Waals surface area contributed by atoms with Crippen molar-refractivity contribution >= 4 is 11.6 Å². The Hall–Kier alpha value is -1.62. The van der Waals surface area contributed by atoms with E-state index in [1.807, 2.05) is 32.8 Å². The fourth-order valence-electron chi connectivity index (χ4n) is 2.20. The molecular weight excluding hydrogens is 245 g/mol. The van der Waals surface area contributed by atoms with Crippen molar-refractivity contribution in [3.05, 3.63) is 29.6 Å². The molecule has 0 aliphatic heterocycles. The normalized spacial score (nSPS) is 12.8. The highest BCUT2D eigenvalue weighted by atomic mass is 19.1. The number of carbonyl (C=O) groups excluding carboxylic acids is 1. The van der Waals surface area contributed by atoms with Gasteiger partial charge in [0.05, 0.1) is 6.04 Å². The lowest BCUT2D eigenvalue weighted by atomic mass is 10.0. The summed E-state index contributed by atoms with van der Waals surface area (Å²) < 4.78 is 13.2. The first-order valence-electron chi connectivity index (χ1n) is 6.30. The summed E-state index contributed by atoms with van der Waals surface area (Å²) in [5, 5.41) is 2.81. The average molecular weight is 267 g/mol. The molecule has 0 spiro atoms. The number of nitrogens with two attached hydrogens (primary N) is 1. The third-order valence-electron chi connectivity index (χ3n) is 2.90. The fourth-order valence-corrected chi connectivity index (χ4v) is 2.20. The Morgan fingerprint density at radius 1 is 1.37 bits per heavy atom. The zero-order chi connectivity index (χ0) is 14.6. The zero-order valence-corrected chi connectivity index (χ0v) is 11.9. The first-order chi connectivity index (χ1) is 8.81. The number of amides is 1. The lowest BCUT2D eigenvalue weighted by molar-refractivity contribution is -0.127. The molecule has 0 saturated carbocycles. The lowest BCUT2D eigenvalue weighted by Crippen LogP contribution is -2.46. The molecule has 0 heterocycles. The summed E-state index contributed by atoms with van der Waals surface area (Å²) in [5.74, 6) is -0.257. The van der Waals surface area contributed by atoms with Gasteiger partial charge in [-0.3, -0.25) is 9.69 Å². The summed E-state index contributed by atoms with van der Waals surface area (Å²) in [7, 11) is 3.73. The van der Waals surface area contributed by atoms with E-state index in [-0.39, 0.29) is 24.4 Å². The van der Waals surface area contributed by atoms with Gasteiger partial charge in [-0.1, -0.05) is 13.8 Å². The molecule has 1 rings (SSSR count). The number of nitrogen functional groups attached to an aromatic ring is 1. The molecule has 0 aliphatic carbocycles. The molecule has 0 unspecified atom stereocenters. The van der Waals surface area contributed by atoms with Crippen molar-refractivity contribution in [2.75, 3.05) is 19.8 Å². The number of hydrogen-bond donors (Lipinski definition) is 2. The Kier molecular flexibility index (Phi) is 5.30. The molecule has 0 fully saturated rings. The van der Waals surface area contributed by atoms with E-state index in [0.29, 0.717) is 11.3 Å². The summed E-state index contributed by atoms with van der Waals surface area (Å²) in [6.07, 6.45) is 0. The van der Waals surface area contributed by atoms with E-state index in [0.717, 1.165) is 0 Å². The Morgan fingerprint density at radius 2 is 2.00 bits per heavy atom. The smallest absolute Gasteiger partial charge is 0.237 e. The van der Waals surface area contributed by atoms with Crippen LogP contribution in [-0.2, 0) is 11.3 Å². The Labute approximate surface area is 113 Å². The molecule has 1 aromatic carbocycles. The molecule has 3 N–H and O–H groups in total. The van der Waals surface area contributed by atoms with Crippen LogP contribution in [0.3, 0.4) is 0 Å². The fraction of sp³-hybridized carbons (Fsp3) is 0.500. The molecule has 106 valence electrons. The summed E-state index contributed by atoms with van der Waals surface area (Å²) in [5.41, 5.74) is 6.58. The number of halogens is 1. The van der Waals surface area contributed by atoms with Crippen molar-refractivity contribution in [3.63, 3.8) is 0 Å². The number of nitrogens with zero attached hydrogens (tertiary/aromatic N) is 1. The van der Waals surface area contributed by atoms with E-state index in [4.69, 9.17) is 5.73 Å². The highest BCUT2D eigenvalue weighted by molar-refractivity contribution is 5.81. The molecule has 1 amide bonds. The highest BCUT2D eigenvalue weighted by Crippen LogP contribution is 2.12. The maximum atomic E-state index is 13.2. The van der Waals surface area contributed by atoms with Crippen molar-refractivity contribution in [1.29, 1.82) is 0 Å². The van der Waals surface area contributed by atoms with Crippen molar-refractivity contribution in [1.82, 2.24) is 10.2 Å². The second kappa shape index (κ2) is 6.52. The third-order valence-corrected chi connectivity index (χ3v) is 2.90. The SMILES string of the molecule is CC(C)[C@@H](C(=O)NCc1cc(N)cc(F)c1)N(C)C. The summed E-state index contributed by atoms with van der Waals surface area (Å²) >= 11 is 0. The predicted octanol–water partition coefficient (Wildman–Crippen LogP) is 1.61. The van der Waals surface area contributed by atoms with Gasteiger partial charge in [0.25, 0.3) is 0 Å². The van der Waals surface area contributed by atoms with Gasteiger partial charge in [-0.15, -0.1) is 0 Å². The Bertz CT molecular complexity index is 418. The predicted molar refractivity (Wildman–Crippen MR) is 75.0 cm³/mol. The third kappa shape index (κ3) is 4.52. The molecule has 0 radical (unpaired) electrons. The van der Waals surface area contributed by atoms with Crippen LogP contribution < -0.4 is 11.1 Å². The molecular formula is C14H22FN3O. The van der Waals surface area contributed by atoms with Crippen molar-refractivity contribution in [3.8, 4) is 0 Å². The minimum absolute atomic E-state index is 0.0668. The monoisotopic (exact) mass is 267 g/mol. The number of nitrogens with one attached hydrogen (secondary N) is 1. The molecule has 0 bridgehead atoms. The van der Waals surface area contributed by atoms with Crippen LogP contribution in [0.25, 0.3) is 0 Å². The van der Waals surface area contributed by atoms with Crippen molar-refractivity contribution in [2.45, 2.75) is 26.4 Å². The number of hydrogen-bond acceptors (Lipinski definition) is 3. The van der Waals surface area contributed by atoms with E-state index in [9.17, 15) is 9.18 Å². The standard InChI is InChI=1S/C14H22FN3O/c1-9(2)13(18(3)4)14(19)17-8-10-5-11(15)7-12(16)6-10/h5-7,9,13H,8,16H2,1-4H3,(H,17,19)/t13-/m0/s1. The molecule has 19 heavy (non-hydrogen) atoms. The van der Waals surface area contributed by atoms with Gasteiger partial charge in [-0.2, -0.15) is 0 Å². The van der Waals surface area contributed by atoms with E-state index in [1.165, 1.54) is 12.1 Å². The van der Waals surface area contributed by atoms with Crippen molar-refractivity contribution < 1.29 is 9.18 Å². The van der Waals surface area contributed by atoms with Gasteiger partial charge in [0.15, 0.2) is 0 Å². The van der Waals surface area contributed by atoms with Crippen LogP contribution in [0.4, 0.5) is 10.1 Å². The van der Waals surface area contributed by atoms with Gasteiger partial charge in [-0.05, 0) is 43.8 Å². The first-order valence-corrected chi connectivity index (χ1v) is 6.30. The quantitative estimate of drug-likeness (QED) is 0.797. The number of benzene rings is 1. The first kappa shape index (κ1) is 15.4. The topological polar surface area (TPSA) is 58.4 Å². The van der Waals surface area contributed by atoms with E-state index < -0.39 is 5.82 Å². The Balaban J connectivity index is 2.67. The summed E-state index contributed by atoms with van der Waals surface area (Å²) in [6, 6.07) is 4.08. The number of rotatable bonds is 5. The van der Waals surface area contributed by atoms with Crippen LogP contribution in [0.5, 0.6) is 0 Å². The molecule has 1 atom stereocenters. The molecule has 4 nitrogen and oxygen atoms in total. The molecule has 0 saturated heterocycles. The second-order valence-electron chi connectivity index (χ2n) is 5.26. The van der Waals surface area contributed by atoms with Crippen LogP contribution in [-0.4, -0.2) is 30.9 Å². The molecule has 5 heteroatoms. The summed E-state index contributed by atoms with van der Waals surface area (Å²) in [6.45, 7) is 4.26. The van der Waals surface area contributed by atoms with E-state index in [2.05, 4.69) is 5.32 Å². The van der Waals surface area contributed by atoms with Crippen LogP contribution >= 0.6 is 0 Å². The van der Waals surface area contributed by atoms with Gasteiger partial charge < -0.3 is 11.1 Å². The highest BCUT2D eigenvalue weighted by Gasteiger charge is 2.23. The molecule has 1 aromatic rings.